The van der Waals surface area contributed by atoms with Crippen LogP contribution < -0.4 is 29.8 Å². The summed E-state index contributed by atoms with van der Waals surface area (Å²) in [7, 11) is 5.56. The maximum absolute atomic E-state index is 13.9. The molecule has 1 unspecified atom stereocenters. The minimum atomic E-state index is -0.664. The van der Waals surface area contributed by atoms with Gasteiger partial charge in [-0.05, 0) is 60.5 Å². The van der Waals surface area contributed by atoms with Crippen LogP contribution in [0.25, 0.3) is 6.08 Å². The van der Waals surface area contributed by atoms with Gasteiger partial charge in [-0.2, -0.15) is 0 Å². The van der Waals surface area contributed by atoms with Crippen molar-refractivity contribution in [2.24, 2.45) is 4.99 Å². The first-order chi connectivity index (χ1) is 18.4. The Morgan fingerprint density at radius 2 is 1.79 bits per heavy atom. The number of hydrogen-bond donors (Lipinski definition) is 1. The summed E-state index contributed by atoms with van der Waals surface area (Å²) in [6, 6.07) is 24.0. The summed E-state index contributed by atoms with van der Waals surface area (Å²) in [6.45, 7) is 1.81. The summed E-state index contributed by atoms with van der Waals surface area (Å²) in [6.07, 6.45) is 1.87. The quantitative estimate of drug-likeness (QED) is 0.415. The molecule has 1 atom stereocenters. The molecule has 0 saturated heterocycles. The van der Waals surface area contributed by atoms with Gasteiger partial charge in [0.25, 0.3) is 11.5 Å². The number of fused-ring (bicyclic) bond motifs is 1. The lowest BCUT2D eigenvalue weighted by Crippen LogP contribution is -2.40. The fraction of sp³-hybridized carbons (Fsp3) is 0.167. The zero-order valence-corrected chi connectivity index (χ0v) is 22.5. The van der Waals surface area contributed by atoms with Crippen LogP contribution >= 0.6 is 11.3 Å². The number of benzene rings is 3. The summed E-state index contributed by atoms with van der Waals surface area (Å²) < 4.78 is 7.62. The molecular weight excluding hydrogens is 496 g/mol. The minimum Gasteiger partial charge on any atom is -0.497 e. The van der Waals surface area contributed by atoms with Crippen LogP contribution in [0.5, 0.6) is 5.75 Å². The van der Waals surface area contributed by atoms with Crippen molar-refractivity contribution in [1.29, 1.82) is 0 Å². The Labute approximate surface area is 224 Å². The van der Waals surface area contributed by atoms with E-state index >= 15 is 0 Å². The van der Waals surface area contributed by atoms with Gasteiger partial charge in [0.05, 0.1) is 29.0 Å². The SMILES string of the molecule is COc1cccc(C2C(C(=O)Nc3ccccc3)=C(C)N=c3sc(=Cc4ccc(N(C)C)cc4)c(=O)n32)c1. The zero-order chi connectivity index (χ0) is 26.8. The third kappa shape index (κ3) is 4.90. The molecule has 0 saturated carbocycles. The van der Waals surface area contributed by atoms with Gasteiger partial charge in [-0.1, -0.05) is 53.8 Å². The number of nitrogens with zero attached hydrogens (tertiary/aromatic N) is 3. The van der Waals surface area contributed by atoms with Crippen molar-refractivity contribution in [2.75, 3.05) is 31.4 Å². The van der Waals surface area contributed by atoms with E-state index in [0.29, 0.717) is 32.0 Å². The topological polar surface area (TPSA) is 75.9 Å². The van der Waals surface area contributed by atoms with Crippen LogP contribution in [-0.2, 0) is 4.79 Å². The Hall–Kier alpha value is -4.43. The highest BCUT2D eigenvalue weighted by Gasteiger charge is 2.32. The Morgan fingerprint density at radius 3 is 2.47 bits per heavy atom. The number of hydrogen-bond acceptors (Lipinski definition) is 6. The Bertz CT molecular complexity index is 1700. The number of carbonyl (C=O) groups excluding carboxylic acids is 1. The summed E-state index contributed by atoms with van der Waals surface area (Å²) >= 11 is 1.32. The molecule has 0 spiro atoms. The first-order valence-electron chi connectivity index (χ1n) is 12.2. The fourth-order valence-electron chi connectivity index (χ4n) is 4.48. The van der Waals surface area contributed by atoms with Crippen molar-refractivity contribution < 1.29 is 9.53 Å². The second-order valence-electron chi connectivity index (χ2n) is 9.16. The monoisotopic (exact) mass is 524 g/mol. The highest BCUT2D eigenvalue weighted by Crippen LogP contribution is 2.32. The molecule has 1 aliphatic heterocycles. The van der Waals surface area contributed by atoms with Gasteiger partial charge >= 0.3 is 0 Å². The molecule has 7 nitrogen and oxygen atoms in total. The number of aromatic nitrogens is 1. The van der Waals surface area contributed by atoms with Crippen molar-refractivity contribution in [3.05, 3.63) is 121 Å². The summed E-state index contributed by atoms with van der Waals surface area (Å²) in [5.74, 6) is 0.335. The van der Waals surface area contributed by atoms with E-state index in [1.54, 1.807) is 11.7 Å². The van der Waals surface area contributed by atoms with Crippen LogP contribution in [0, 0.1) is 0 Å². The molecule has 0 radical (unpaired) electrons. The number of ether oxygens (including phenoxy) is 1. The van der Waals surface area contributed by atoms with Gasteiger partial charge in [0, 0.05) is 25.5 Å². The largest absolute Gasteiger partial charge is 0.497 e. The molecule has 0 bridgehead atoms. The van der Waals surface area contributed by atoms with E-state index < -0.39 is 6.04 Å². The number of amides is 1. The van der Waals surface area contributed by atoms with Crippen LogP contribution in [-0.4, -0.2) is 31.7 Å². The second kappa shape index (κ2) is 10.5. The molecule has 1 amide bonds. The molecular formula is C30H28N4O3S. The Morgan fingerprint density at radius 1 is 1.05 bits per heavy atom. The number of thiazole rings is 1. The lowest BCUT2D eigenvalue weighted by atomic mass is 9.95. The summed E-state index contributed by atoms with van der Waals surface area (Å²) in [5.41, 5.74) is 4.20. The normalized spacial score (nSPS) is 15.1. The smallest absolute Gasteiger partial charge is 0.271 e. The lowest BCUT2D eigenvalue weighted by molar-refractivity contribution is -0.113. The minimum absolute atomic E-state index is 0.198. The average molecular weight is 525 g/mol. The lowest BCUT2D eigenvalue weighted by Gasteiger charge is -2.25. The van der Waals surface area contributed by atoms with Crippen LogP contribution in [0.2, 0.25) is 0 Å². The average Bonchev–Trinajstić information content (AvgIpc) is 3.22. The van der Waals surface area contributed by atoms with Crippen LogP contribution in [0.3, 0.4) is 0 Å². The number of carbonyl (C=O) groups is 1. The van der Waals surface area contributed by atoms with Crippen molar-refractivity contribution in [1.82, 2.24) is 4.57 Å². The molecule has 0 fully saturated rings. The zero-order valence-electron chi connectivity index (χ0n) is 21.6. The van der Waals surface area contributed by atoms with Gasteiger partial charge in [0.15, 0.2) is 4.80 Å². The van der Waals surface area contributed by atoms with E-state index in [9.17, 15) is 9.59 Å². The van der Waals surface area contributed by atoms with E-state index in [-0.39, 0.29) is 11.5 Å². The van der Waals surface area contributed by atoms with Crippen molar-refractivity contribution in [2.45, 2.75) is 13.0 Å². The van der Waals surface area contributed by atoms with Crippen molar-refractivity contribution in [3.63, 3.8) is 0 Å². The molecule has 2 heterocycles. The van der Waals surface area contributed by atoms with Crippen LogP contribution in [0.4, 0.5) is 11.4 Å². The standard InChI is InChI=1S/C30H28N4O3S/c1-19-26(28(35)32-22-10-6-5-7-11-22)27(21-9-8-12-24(18-21)37-4)34-29(36)25(38-30(34)31-19)17-20-13-15-23(16-14-20)33(2)3/h5-18,27H,1-4H3,(H,32,35). The van der Waals surface area contributed by atoms with Gasteiger partial charge in [0.1, 0.15) is 5.75 Å². The second-order valence-corrected chi connectivity index (χ2v) is 10.2. The number of nitrogens with one attached hydrogen (secondary N) is 1. The number of para-hydroxylation sites is 1. The third-order valence-corrected chi connectivity index (χ3v) is 7.40. The molecule has 8 heteroatoms. The molecule has 1 N–H and O–H groups in total. The molecule has 38 heavy (non-hydrogen) atoms. The molecule has 4 aromatic rings. The van der Waals surface area contributed by atoms with E-state index in [0.717, 1.165) is 16.8 Å². The molecule has 3 aromatic carbocycles. The Balaban J connectivity index is 1.65. The fourth-order valence-corrected chi connectivity index (χ4v) is 5.53. The van der Waals surface area contributed by atoms with Crippen molar-refractivity contribution in [3.8, 4) is 5.75 Å². The molecule has 5 rings (SSSR count). The molecule has 1 aromatic heterocycles. The van der Waals surface area contributed by atoms with Crippen molar-refractivity contribution >= 4 is 34.7 Å². The number of methoxy groups -OCH3 is 1. The molecule has 0 aliphatic carbocycles. The van der Waals surface area contributed by atoms with Crippen LogP contribution in [0.1, 0.15) is 24.1 Å². The number of anilines is 2. The first-order valence-corrected chi connectivity index (χ1v) is 13.0. The first kappa shape index (κ1) is 25.2. The van der Waals surface area contributed by atoms with Gasteiger partial charge in [-0.25, -0.2) is 4.99 Å². The number of rotatable bonds is 6. The maximum Gasteiger partial charge on any atom is 0.271 e. The maximum atomic E-state index is 13.9. The van der Waals surface area contributed by atoms with Crippen LogP contribution in [0.15, 0.2) is 99.9 Å². The van der Waals surface area contributed by atoms with Gasteiger partial charge < -0.3 is 15.0 Å². The van der Waals surface area contributed by atoms with E-state index in [1.807, 2.05) is 111 Å². The predicted octanol–water partition coefficient (Wildman–Crippen LogP) is 3.95. The van der Waals surface area contributed by atoms with E-state index in [4.69, 9.17) is 9.73 Å². The number of allylic oxidation sites excluding steroid dienone is 1. The van der Waals surface area contributed by atoms with Gasteiger partial charge in [0.2, 0.25) is 0 Å². The summed E-state index contributed by atoms with van der Waals surface area (Å²) in [4.78, 5) is 34.8. The molecule has 192 valence electrons. The van der Waals surface area contributed by atoms with Gasteiger partial charge in [-0.15, -0.1) is 0 Å². The van der Waals surface area contributed by atoms with E-state index in [1.165, 1.54) is 11.3 Å². The van der Waals surface area contributed by atoms with Gasteiger partial charge in [-0.3, -0.25) is 14.2 Å². The van der Waals surface area contributed by atoms with E-state index in [2.05, 4.69) is 5.32 Å². The predicted molar refractivity (Wildman–Crippen MR) is 153 cm³/mol. The Kier molecular flexibility index (Phi) is 6.98. The highest BCUT2D eigenvalue weighted by molar-refractivity contribution is 7.07. The third-order valence-electron chi connectivity index (χ3n) is 6.41. The molecule has 1 aliphatic rings. The highest BCUT2D eigenvalue weighted by atomic mass is 32.1. The summed E-state index contributed by atoms with van der Waals surface area (Å²) in [5, 5.41) is 2.97.